The third-order valence-electron chi connectivity index (χ3n) is 4.78. The van der Waals surface area contributed by atoms with Crippen molar-refractivity contribution in [2.24, 2.45) is 0 Å². The lowest BCUT2D eigenvalue weighted by molar-refractivity contribution is -0.121. The van der Waals surface area contributed by atoms with Crippen molar-refractivity contribution in [1.29, 1.82) is 0 Å². The molecule has 0 saturated carbocycles. The first kappa shape index (κ1) is 19.1. The second-order valence-electron chi connectivity index (χ2n) is 7.20. The van der Waals surface area contributed by atoms with Crippen LogP contribution in [0.2, 0.25) is 0 Å². The highest BCUT2D eigenvalue weighted by molar-refractivity contribution is 6.05. The Balaban J connectivity index is 1.51. The molecule has 2 amide bonds. The highest BCUT2D eigenvalue weighted by Crippen LogP contribution is 2.35. The van der Waals surface area contributed by atoms with E-state index < -0.39 is 0 Å². The summed E-state index contributed by atoms with van der Waals surface area (Å²) in [5.41, 5.74) is 1.72. The van der Waals surface area contributed by atoms with Gasteiger partial charge in [0.05, 0.1) is 5.69 Å². The topological polar surface area (TPSA) is 80.3 Å². The first-order chi connectivity index (χ1) is 14.0. The number of benzene rings is 2. The lowest BCUT2D eigenvalue weighted by Gasteiger charge is -2.30. The van der Waals surface area contributed by atoms with Gasteiger partial charge in [0.15, 0.2) is 18.1 Å². The minimum absolute atomic E-state index is 0.0257. The molecule has 152 valence electrons. The van der Waals surface area contributed by atoms with Crippen molar-refractivity contribution < 1.29 is 23.8 Å². The Kier molecular flexibility index (Phi) is 5.26. The summed E-state index contributed by atoms with van der Waals surface area (Å²) in [6.07, 6.45) is 0.839. The van der Waals surface area contributed by atoms with Crippen molar-refractivity contribution in [3.63, 3.8) is 0 Å². The number of amides is 2. The van der Waals surface area contributed by atoms with Crippen LogP contribution in [0.3, 0.4) is 0 Å². The van der Waals surface area contributed by atoms with E-state index >= 15 is 0 Å². The van der Waals surface area contributed by atoms with E-state index in [2.05, 4.69) is 10.2 Å². The molecule has 29 heavy (non-hydrogen) atoms. The summed E-state index contributed by atoms with van der Waals surface area (Å²) in [6, 6.07) is 10.3. The molecule has 0 aliphatic carbocycles. The number of carbonyl (C=O) groups is 2. The van der Waals surface area contributed by atoms with Crippen LogP contribution in [0.15, 0.2) is 36.4 Å². The van der Waals surface area contributed by atoms with E-state index in [1.54, 1.807) is 41.3 Å². The van der Waals surface area contributed by atoms with Gasteiger partial charge in [-0.3, -0.25) is 9.59 Å². The zero-order valence-electron chi connectivity index (χ0n) is 16.4. The third kappa shape index (κ3) is 4.12. The standard InChI is InChI=1S/C21H23N3O5/c1-23(2)8-3-9-24-16-11-15(5-7-17(16)27-12-20(24)25)22-21(26)14-4-6-18-19(10-14)29-13-28-18/h4-7,10-11H,3,8-9,12-13H2,1-2H3,(H,22,26). The smallest absolute Gasteiger partial charge is 0.265 e. The van der Waals surface area contributed by atoms with Crippen LogP contribution >= 0.6 is 0 Å². The molecule has 2 aromatic carbocycles. The highest BCUT2D eigenvalue weighted by Gasteiger charge is 2.26. The molecule has 8 nitrogen and oxygen atoms in total. The average molecular weight is 397 g/mol. The molecule has 2 aliphatic rings. The highest BCUT2D eigenvalue weighted by atomic mass is 16.7. The second kappa shape index (κ2) is 8.00. The van der Waals surface area contributed by atoms with E-state index in [1.165, 1.54) is 0 Å². The van der Waals surface area contributed by atoms with Crippen LogP contribution in [0.4, 0.5) is 11.4 Å². The van der Waals surface area contributed by atoms with Gasteiger partial charge in [-0.15, -0.1) is 0 Å². The van der Waals surface area contributed by atoms with Crippen molar-refractivity contribution in [3.05, 3.63) is 42.0 Å². The summed E-state index contributed by atoms with van der Waals surface area (Å²) in [5, 5.41) is 2.87. The molecular weight excluding hydrogens is 374 g/mol. The number of nitrogens with zero attached hydrogens (tertiary/aromatic N) is 2. The minimum atomic E-state index is -0.273. The Hall–Kier alpha value is -3.26. The molecule has 1 N–H and O–H groups in total. The van der Waals surface area contributed by atoms with Gasteiger partial charge in [0.1, 0.15) is 5.75 Å². The zero-order valence-corrected chi connectivity index (χ0v) is 16.4. The van der Waals surface area contributed by atoms with E-state index in [1.807, 2.05) is 14.1 Å². The lowest BCUT2D eigenvalue weighted by atomic mass is 10.1. The first-order valence-electron chi connectivity index (χ1n) is 9.44. The molecule has 0 atom stereocenters. The maximum atomic E-state index is 12.7. The van der Waals surface area contributed by atoms with Crippen LogP contribution < -0.4 is 24.4 Å². The fourth-order valence-electron chi connectivity index (χ4n) is 3.31. The van der Waals surface area contributed by atoms with Crippen molar-refractivity contribution >= 4 is 23.2 Å². The summed E-state index contributed by atoms with van der Waals surface area (Å²) in [6.45, 7) is 1.65. The van der Waals surface area contributed by atoms with Crippen LogP contribution in [0, 0.1) is 0 Å². The molecule has 0 saturated heterocycles. The van der Waals surface area contributed by atoms with Crippen LogP contribution in [0.1, 0.15) is 16.8 Å². The van der Waals surface area contributed by atoms with Crippen molar-refractivity contribution in [2.75, 3.05) is 50.8 Å². The second-order valence-corrected chi connectivity index (χ2v) is 7.20. The van der Waals surface area contributed by atoms with Gasteiger partial charge in [0.2, 0.25) is 6.79 Å². The molecular formula is C21H23N3O5. The first-order valence-corrected chi connectivity index (χ1v) is 9.44. The van der Waals surface area contributed by atoms with Gasteiger partial charge < -0.3 is 29.3 Å². The number of nitrogens with one attached hydrogen (secondary N) is 1. The summed E-state index contributed by atoms with van der Waals surface area (Å²) in [7, 11) is 4.00. The summed E-state index contributed by atoms with van der Waals surface area (Å²) in [5.74, 6) is 1.45. The van der Waals surface area contributed by atoms with E-state index in [0.717, 1.165) is 13.0 Å². The van der Waals surface area contributed by atoms with Crippen molar-refractivity contribution in [3.8, 4) is 17.2 Å². The number of rotatable bonds is 6. The molecule has 0 unspecified atom stereocenters. The number of anilines is 2. The van der Waals surface area contributed by atoms with Crippen LogP contribution in [0.5, 0.6) is 17.2 Å². The summed E-state index contributed by atoms with van der Waals surface area (Å²) in [4.78, 5) is 28.8. The molecule has 2 aliphatic heterocycles. The number of hydrogen-bond donors (Lipinski definition) is 1. The van der Waals surface area contributed by atoms with Crippen LogP contribution in [0.25, 0.3) is 0 Å². The fourth-order valence-corrected chi connectivity index (χ4v) is 3.31. The summed E-state index contributed by atoms with van der Waals surface area (Å²) < 4.78 is 16.1. The van der Waals surface area contributed by atoms with Crippen LogP contribution in [-0.2, 0) is 4.79 Å². The Morgan fingerprint density at radius 2 is 1.86 bits per heavy atom. The number of carbonyl (C=O) groups excluding carboxylic acids is 2. The Bertz CT molecular complexity index is 944. The maximum Gasteiger partial charge on any atom is 0.265 e. The molecule has 4 rings (SSSR count). The fraction of sp³-hybridized carbons (Fsp3) is 0.333. The molecule has 2 aromatic rings. The predicted octanol–water partition coefficient (Wildman–Crippen LogP) is 2.34. The van der Waals surface area contributed by atoms with Gasteiger partial charge in [-0.1, -0.05) is 0 Å². The van der Waals surface area contributed by atoms with Gasteiger partial charge in [0.25, 0.3) is 11.8 Å². The largest absolute Gasteiger partial charge is 0.482 e. The lowest BCUT2D eigenvalue weighted by Crippen LogP contribution is -2.40. The van der Waals surface area contributed by atoms with E-state index in [4.69, 9.17) is 14.2 Å². The monoisotopic (exact) mass is 397 g/mol. The van der Waals surface area contributed by atoms with Crippen molar-refractivity contribution in [1.82, 2.24) is 4.90 Å². The zero-order chi connectivity index (χ0) is 20.4. The quantitative estimate of drug-likeness (QED) is 0.806. The number of hydrogen-bond acceptors (Lipinski definition) is 6. The molecule has 8 heteroatoms. The third-order valence-corrected chi connectivity index (χ3v) is 4.78. The number of fused-ring (bicyclic) bond motifs is 2. The normalized spacial score (nSPS) is 14.6. The molecule has 0 fully saturated rings. The van der Waals surface area contributed by atoms with Crippen molar-refractivity contribution in [2.45, 2.75) is 6.42 Å². The predicted molar refractivity (Wildman–Crippen MR) is 108 cm³/mol. The van der Waals surface area contributed by atoms with E-state index in [9.17, 15) is 9.59 Å². The molecule has 0 bridgehead atoms. The van der Waals surface area contributed by atoms with Gasteiger partial charge in [-0.2, -0.15) is 0 Å². The summed E-state index contributed by atoms with van der Waals surface area (Å²) >= 11 is 0. The van der Waals surface area contributed by atoms with E-state index in [-0.39, 0.29) is 25.2 Å². The molecule has 0 aromatic heterocycles. The average Bonchev–Trinajstić information content (AvgIpc) is 3.17. The van der Waals surface area contributed by atoms with Gasteiger partial charge in [-0.25, -0.2) is 0 Å². The molecule has 0 radical (unpaired) electrons. The minimum Gasteiger partial charge on any atom is -0.482 e. The van der Waals surface area contributed by atoms with Crippen LogP contribution in [-0.4, -0.2) is 57.3 Å². The SMILES string of the molecule is CN(C)CCCN1C(=O)COc2ccc(NC(=O)c3ccc4c(c3)OCO4)cc21. The Morgan fingerprint density at radius 1 is 1.07 bits per heavy atom. The molecule has 0 spiro atoms. The Morgan fingerprint density at radius 3 is 2.69 bits per heavy atom. The molecule has 2 heterocycles. The number of ether oxygens (including phenoxy) is 3. The maximum absolute atomic E-state index is 12.7. The van der Waals surface area contributed by atoms with Gasteiger partial charge in [-0.05, 0) is 63.5 Å². The van der Waals surface area contributed by atoms with Gasteiger partial charge >= 0.3 is 0 Å². The van der Waals surface area contributed by atoms with Gasteiger partial charge in [0, 0.05) is 17.8 Å². The van der Waals surface area contributed by atoms with E-state index in [0.29, 0.717) is 40.7 Å². The Labute approximate surface area is 168 Å².